The van der Waals surface area contributed by atoms with Crippen molar-refractivity contribution >= 4 is 27.8 Å². The van der Waals surface area contributed by atoms with Crippen LogP contribution < -0.4 is 14.4 Å². The number of hydrogen-bond acceptors (Lipinski definition) is 3. The van der Waals surface area contributed by atoms with Gasteiger partial charge in [0.05, 0.1) is 27.9 Å². The third-order valence-electron chi connectivity index (χ3n) is 16.6. The van der Waals surface area contributed by atoms with Crippen LogP contribution in [0.15, 0.2) is 273 Å². The second kappa shape index (κ2) is 15.9. The molecule has 0 bridgehead atoms. The molecule has 350 valence electrons. The first-order valence-electron chi connectivity index (χ1n) is 25.9. The van der Waals surface area contributed by atoms with Crippen LogP contribution in [0.5, 0.6) is 23.0 Å². The zero-order valence-electron chi connectivity index (χ0n) is 40.7. The molecule has 4 aliphatic rings. The Balaban J connectivity index is 1.04. The van der Waals surface area contributed by atoms with Gasteiger partial charge < -0.3 is 14.4 Å². The van der Waals surface area contributed by atoms with Crippen LogP contribution in [0.2, 0.25) is 0 Å². The van der Waals surface area contributed by atoms with Gasteiger partial charge in [-0.3, -0.25) is 0 Å². The number of fused-ring (bicyclic) bond motifs is 20. The maximum absolute atomic E-state index is 6.87. The molecule has 0 N–H and O–H groups in total. The normalized spacial score (nSPS) is 14.0. The Morgan fingerprint density at radius 2 is 0.653 bits per heavy atom. The molecule has 2 heterocycles. The van der Waals surface area contributed by atoms with Crippen LogP contribution >= 0.6 is 0 Å². The number of hydrogen-bond donors (Lipinski definition) is 0. The first-order valence-corrected chi connectivity index (χ1v) is 25.9. The highest BCUT2D eigenvalue weighted by atomic mass is 16.5. The zero-order valence-corrected chi connectivity index (χ0v) is 40.7. The fourth-order valence-corrected chi connectivity index (χ4v) is 13.7. The second-order valence-corrected chi connectivity index (χ2v) is 20.1. The summed E-state index contributed by atoms with van der Waals surface area (Å²) in [5, 5.41) is 2.41. The minimum Gasteiger partial charge on any atom is -0.457 e. The smallest absolute Gasteiger partial charge is 0.132 e. The molecule has 3 nitrogen and oxygen atoms in total. The molecule has 0 unspecified atom stereocenters. The summed E-state index contributed by atoms with van der Waals surface area (Å²) in [6, 6.07) is 100. The number of nitrogens with zero attached hydrogens (tertiary/aromatic N) is 1. The summed E-state index contributed by atoms with van der Waals surface area (Å²) in [5.74, 6) is 3.48. The summed E-state index contributed by atoms with van der Waals surface area (Å²) in [6.07, 6.45) is 0. The summed E-state index contributed by atoms with van der Waals surface area (Å²) in [6.45, 7) is 0. The van der Waals surface area contributed by atoms with Crippen molar-refractivity contribution in [2.45, 2.75) is 10.8 Å². The maximum Gasteiger partial charge on any atom is 0.132 e. The van der Waals surface area contributed by atoms with Crippen molar-refractivity contribution in [3.05, 3.63) is 317 Å². The monoisotopic (exact) mass is 955 g/mol. The van der Waals surface area contributed by atoms with Crippen molar-refractivity contribution < 1.29 is 9.47 Å². The van der Waals surface area contributed by atoms with Crippen LogP contribution in [0.1, 0.15) is 44.5 Å². The average molecular weight is 956 g/mol. The standard InChI is InChI=1S/C72H45NO2/c1-2-20-46(21-3-1)47-40-42-49(43-41-47)50-23-7-13-33-61(50)73(62-34-18-31-58-68(62)52-25-6-8-26-53(52)71(58)54-27-9-14-36-64(54)74-65-37-15-10-28-55(65)71)63-35-19-32-59-70(63)69-51-24-5-4-22-48(51)44-45-60(69)72(59)56-29-11-16-38-66(56)75-67-39-17-12-30-57(67)72/h1-45H. The van der Waals surface area contributed by atoms with E-state index in [-0.39, 0.29) is 0 Å². The SMILES string of the molecule is c1ccc(-c2ccc(-c3ccccc3N(c3cccc4c3-c3ccccc3C43c4ccccc4Oc4ccccc43)c3cccc4c3-c3c(ccc5ccccc35)C43c4ccccc4Oc4ccccc43)cc2)cc1. The van der Waals surface area contributed by atoms with E-state index in [1.165, 1.54) is 66.4 Å². The minimum absolute atomic E-state index is 0.660. The highest BCUT2D eigenvalue weighted by Crippen LogP contribution is 2.68. The molecule has 0 saturated carbocycles. The van der Waals surface area contributed by atoms with Crippen LogP contribution in [-0.2, 0) is 10.8 Å². The van der Waals surface area contributed by atoms with Crippen molar-refractivity contribution in [3.8, 4) is 67.5 Å². The molecule has 2 aliphatic heterocycles. The molecule has 75 heavy (non-hydrogen) atoms. The Morgan fingerprint density at radius 3 is 1.28 bits per heavy atom. The van der Waals surface area contributed by atoms with Crippen LogP contribution in [0.25, 0.3) is 55.3 Å². The first kappa shape index (κ1) is 41.9. The van der Waals surface area contributed by atoms with E-state index in [0.29, 0.717) is 0 Å². The Hall–Kier alpha value is -9.70. The molecule has 0 atom stereocenters. The van der Waals surface area contributed by atoms with Gasteiger partial charge in [0.25, 0.3) is 0 Å². The highest BCUT2D eigenvalue weighted by Gasteiger charge is 2.54. The average Bonchev–Trinajstić information content (AvgIpc) is 3.97. The van der Waals surface area contributed by atoms with Gasteiger partial charge in [0, 0.05) is 38.9 Å². The van der Waals surface area contributed by atoms with E-state index in [0.717, 1.165) is 73.4 Å². The van der Waals surface area contributed by atoms with Gasteiger partial charge in [0.15, 0.2) is 0 Å². The summed E-state index contributed by atoms with van der Waals surface area (Å²) in [7, 11) is 0. The molecule has 16 rings (SSSR count). The molecule has 0 amide bonds. The fourth-order valence-electron chi connectivity index (χ4n) is 13.7. The van der Waals surface area contributed by atoms with E-state index < -0.39 is 10.8 Å². The predicted octanol–water partition coefficient (Wildman–Crippen LogP) is 18.6. The molecule has 0 saturated heterocycles. The van der Waals surface area contributed by atoms with Crippen LogP contribution in [0.4, 0.5) is 17.1 Å². The van der Waals surface area contributed by atoms with Crippen molar-refractivity contribution in [2.24, 2.45) is 0 Å². The van der Waals surface area contributed by atoms with E-state index in [1.54, 1.807) is 0 Å². The Labute approximate surface area is 435 Å². The van der Waals surface area contributed by atoms with Gasteiger partial charge in [-0.2, -0.15) is 0 Å². The molecular weight excluding hydrogens is 911 g/mol. The number of benzene rings is 12. The Kier molecular flexibility index (Phi) is 8.88. The summed E-state index contributed by atoms with van der Waals surface area (Å²) >= 11 is 0. The van der Waals surface area contributed by atoms with Crippen molar-refractivity contribution in [2.75, 3.05) is 4.90 Å². The van der Waals surface area contributed by atoms with Crippen molar-refractivity contribution in [3.63, 3.8) is 0 Å². The fraction of sp³-hybridized carbons (Fsp3) is 0.0278. The van der Waals surface area contributed by atoms with E-state index in [4.69, 9.17) is 9.47 Å². The van der Waals surface area contributed by atoms with Crippen molar-refractivity contribution in [1.82, 2.24) is 0 Å². The van der Waals surface area contributed by atoms with Gasteiger partial charge in [-0.15, -0.1) is 0 Å². The Morgan fingerprint density at radius 1 is 0.240 bits per heavy atom. The molecule has 2 spiro atoms. The quantitative estimate of drug-likeness (QED) is 0.172. The van der Waals surface area contributed by atoms with Crippen LogP contribution in [0.3, 0.4) is 0 Å². The second-order valence-electron chi connectivity index (χ2n) is 20.1. The topological polar surface area (TPSA) is 21.7 Å². The van der Waals surface area contributed by atoms with Crippen LogP contribution in [0, 0.1) is 0 Å². The largest absolute Gasteiger partial charge is 0.457 e. The van der Waals surface area contributed by atoms with Gasteiger partial charge in [0.2, 0.25) is 0 Å². The summed E-state index contributed by atoms with van der Waals surface area (Å²) < 4.78 is 13.7. The lowest BCUT2D eigenvalue weighted by Crippen LogP contribution is -2.32. The van der Waals surface area contributed by atoms with E-state index >= 15 is 0 Å². The lowest BCUT2D eigenvalue weighted by Gasteiger charge is -2.40. The molecule has 12 aromatic rings. The van der Waals surface area contributed by atoms with Gasteiger partial charge in [-0.1, -0.05) is 231 Å². The summed E-state index contributed by atoms with van der Waals surface area (Å²) in [5.41, 5.74) is 20.8. The minimum atomic E-state index is -0.695. The number of ether oxygens (including phenoxy) is 2. The van der Waals surface area contributed by atoms with E-state index in [2.05, 4.69) is 278 Å². The first-order chi connectivity index (χ1) is 37.2. The molecule has 12 aromatic carbocycles. The number of anilines is 3. The molecule has 2 aliphatic carbocycles. The third-order valence-corrected chi connectivity index (χ3v) is 16.6. The molecule has 3 heteroatoms. The number of rotatable bonds is 5. The number of para-hydroxylation sites is 5. The Bertz CT molecular complexity index is 4230. The lowest BCUT2D eigenvalue weighted by molar-refractivity contribution is 0.436. The molecular formula is C72H45NO2. The zero-order chi connectivity index (χ0) is 49.2. The lowest BCUT2D eigenvalue weighted by atomic mass is 9.66. The van der Waals surface area contributed by atoms with Gasteiger partial charge in [0.1, 0.15) is 23.0 Å². The van der Waals surface area contributed by atoms with E-state index in [9.17, 15) is 0 Å². The summed E-state index contributed by atoms with van der Waals surface area (Å²) in [4.78, 5) is 2.60. The molecule has 0 radical (unpaired) electrons. The molecule has 0 aromatic heterocycles. The van der Waals surface area contributed by atoms with Crippen molar-refractivity contribution in [1.29, 1.82) is 0 Å². The van der Waals surface area contributed by atoms with Gasteiger partial charge in [-0.25, -0.2) is 0 Å². The van der Waals surface area contributed by atoms with E-state index in [1.807, 2.05) is 0 Å². The van der Waals surface area contributed by atoms with Gasteiger partial charge in [-0.05, 0) is 103 Å². The molecule has 0 fully saturated rings. The predicted molar refractivity (Wildman–Crippen MR) is 304 cm³/mol. The van der Waals surface area contributed by atoms with Crippen LogP contribution in [-0.4, -0.2) is 0 Å². The highest BCUT2D eigenvalue weighted by molar-refractivity contribution is 6.11. The maximum atomic E-state index is 6.87. The van der Waals surface area contributed by atoms with Gasteiger partial charge >= 0.3 is 0 Å². The third kappa shape index (κ3) is 5.64.